The van der Waals surface area contributed by atoms with Crippen molar-refractivity contribution >= 4 is 28.5 Å². The molecule has 0 aromatic carbocycles. The number of hydrogen-bond donors (Lipinski definition) is 2. The Morgan fingerprint density at radius 2 is 1.91 bits per heavy atom. The second-order valence-electron chi connectivity index (χ2n) is 10.7. The van der Waals surface area contributed by atoms with Crippen molar-refractivity contribution in [1.29, 1.82) is 0 Å². The number of anilines is 1. The molecule has 1 amide bonds. The lowest BCUT2D eigenvalue weighted by Gasteiger charge is -2.38. The summed E-state index contributed by atoms with van der Waals surface area (Å²) < 4.78 is 19.2. The number of ether oxygens (including phenoxy) is 1. The van der Waals surface area contributed by atoms with Crippen molar-refractivity contribution in [3.8, 4) is 0 Å². The highest BCUT2D eigenvalue weighted by Crippen LogP contribution is 2.41. The van der Waals surface area contributed by atoms with Crippen LogP contribution in [0.15, 0.2) is 22.8 Å². The molecule has 0 saturated carbocycles. The topological polar surface area (TPSA) is 103 Å². The highest BCUT2D eigenvalue weighted by Gasteiger charge is 2.43. The number of aromatic nitrogens is 2. The maximum atomic E-state index is 12.7. The molecule has 180 valence electrons. The third kappa shape index (κ3) is 6.40. The fourth-order valence-electron chi connectivity index (χ4n) is 2.67. The normalized spacial score (nSPS) is 19.8. The minimum absolute atomic E-state index is 0.0162. The first kappa shape index (κ1) is 26.5. The van der Waals surface area contributed by atoms with E-state index in [-0.39, 0.29) is 22.5 Å². The Morgan fingerprint density at radius 1 is 1.28 bits per heavy atom. The van der Waals surface area contributed by atoms with E-state index in [1.807, 2.05) is 6.08 Å². The summed E-state index contributed by atoms with van der Waals surface area (Å²) >= 11 is 0. The Morgan fingerprint density at radius 3 is 2.41 bits per heavy atom. The van der Waals surface area contributed by atoms with E-state index in [0.29, 0.717) is 17.7 Å². The van der Waals surface area contributed by atoms with Gasteiger partial charge in [0.15, 0.2) is 8.32 Å². The molecule has 2 atom stereocenters. The molecule has 1 aromatic rings. The molecule has 10 heteroatoms. The summed E-state index contributed by atoms with van der Waals surface area (Å²) in [7, 11) is -4.00. The Kier molecular flexibility index (Phi) is 7.97. The third-order valence-corrected chi connectivity index (χ3v) is 14.6. The van der Waals surface area contributed by atoms with Crippen LogP contribution in [-0.4, -0.2) is 45.2 Å². The van der Waals surface area contributed by atoms with E-state index in [2.05, 4.69) is 76.1 Å². The molecule has 1 aliphatic heterocycles. The Hall–Kier alpha value is -1.76. The maximum absolute atomic E-state index is 12.7. The summed E-state index contributed by atoms with van der Waals surface area (Å²) in [6.07, 6.45) is 2.30. The first-order valence-electron chi connectivity index (χ1n) is 11.1. The first-order chi connectivity index (χ1) is 14.5. The Bertz CT molecular complexity index is 919. The monoisotopic (exact) mass is 481 g/mol. The van der Waals surface area contributed by atoms with E-state index in [4.69, 9.17) is 13.6 Å². The maximum Gasteiger partial charge on any atom is 0.258 e. The largest absolute Gasteiger partial charge is 0.545 e. The molecular weight excluding hydrogens is 442 g/mol. The fraction of sp³-hybridized carbons (Fsp3) is 0.682. The quantitative estimate of drug-likeness (QED) is 0.522. The predicted octanol–water partition coefficient (Wildman–Crippen LogP) is 4.71. The summed E-state index contributed by atoms with van der Waals surface area (Å²) in [6, 6.07) is 0. The van der Waals surface area contributed by atoms with E-state index >= 15 is 0 Å². The fourth-order valence-corrected chi connectivity index (χ4v) is 4.68. The van der Waals surface area contributed by atoms with Crippen molar-refractivity contribution in [3.05, 3.63) is 33.9 Å². The number of amides is 1. The Labute approximate surface area is 193 Å². The van der Waals surface area contributed by atoms with Gasteiger partial charge in [0, 0.05) is 13.1 Å². The van der Waals surface area contributed by atoms with Crippen molar-refractivity contribution in [2.75, 3.05) is 11.9 Å². The molecule has 2 N–H and O–H groups in total. The molecule has 1 aromatic heterocycles. The van der Waals surface area contributed by atoms with E-state index in [1.165, 1.54) is 13.1 Å². The first-order valence-corrected chi connectivity index (χ1v) is 17.0. The second-order valence-corrected chi connectivity index (χ2v) is 20.1. The van der Waals surface area contributed by atoms with Crippen LogP contribution in [0, 0.1) is 0 Å². The van der Waals surface area contributed by atoms with E-state index in [1.54, 1.807) is 0 Å². The Balaban J connectivity index is 2.33. The molecule has 32 heavy (non-hydrogen) atoms. The molecule has 2 heterocycles. The van der Waals surface area contributed by atoms with Crippen molar-refractivity contribution < 1.29 is 18.4 Å². The number of carbonyl (C=O) groups is 1. The number of hydrogen-bond acceptors (Lipinski definition) is 6. The second kappa shape index (κ2) is 9.62. The number of H-pyrrole nitrogens is 1. The highest BCUT2D eigenvalue weighted by molar-refractivity contribution is 6.74. The molecule has 0 unspecified atom stereocenters. The molecule has 0 saturated heterocycles. The van der Waals surface area contributed by atoms with Gasteiger partial charge in [-0.05, 0) is 42.8 Å². The van der Waals surface area contributed by atoms with E-state index in [0.717, 1.165) is 5.76 Å². The van der Waals surface area contributed by atoms with Gasteiger partial charge in [-0.25, -0.2) is 4.98 Å². The average molecular weight is 482 g/mol. The molecule has 0 spiro atoms. The standard InChI is InChI=1S/C22H39N3O5Si2/c1-14(2)31(7,8)28-13-19-18(30-32(9,10)22(4,5)6)11-17(29-19)16-12-23-21(24-15(3)26)25-20(16)27/h11-12,14,17,19H,13H2,1-10H3,(H2,23,24,25,26,27)/t17-,19-/m1/s1. The van der Waals surface area contributed by atoms with Gasteiger partial charge in [-0.15, -0.1) is 0 Å². The van der Waals surface area contributed by atoms with E-state index < -0.39 is 28.8 Å². The number of carbonyl (C=O) groups excluding carboxylic acids is 1. The van der Waals surface area contributed by atoms with Crippen LogP contribution in [0.4, 0.5) is 5.95 Å². The average Bonchev–Trinajstić information content (AvgIpc) is 3.00. The van der Waals surface area contributed by atoms with Gasteiger partial charge in [-0.2, -0.15) is 0 Å². The minimum atomic E-state index is -2.12. The molecule has 0 fully saturated rings. The van der Waals surface area contributed by atoms with Crippen molar-refractivity contribution in [2.24, 2.45) is 0 Å². The molecule has 1 aliphatic rings. The van der Waals surface area contributed by atoms with Crippen LogP contribution in [-0.2, 0) is 18.4 Å². The van der Waals surface area contributed by atoms with Crippen LogP contribution in [0.25, 0.3) is 0 Å². The predicted molar refractivity (Wildman–Crippen MR) is 132 cm³/mol. The lowest BCUT2D eigenvalue weighted by atomic mass is 10.2. The van der Waals surface area contributed by atoms with Gasteiger partial charge < -0.3 is 13.6 Å². The molecular formula is C22H39N3O5Si2. The SMILES string of the molecule is CC(=O)Nc1ncc([C@H]2C=C(O[Si](C)(C)C(C)(C)C)[C@@H](CO[Si](C)(C)C(C)C)O2)c(=O)[nH]1. The lowest BCUT2D eigenvalue weighted by Crippen LogP contribution is -2.43. The number of aromatic amines is 1. The van der Waals surface area contributed by atoms with Crippen molar-refractivity contribution in [2.45, 2.75) is 90.5 Å². The van der Waals surface area contributed by atoms with Gasteiger partial charge in [0.2, 0.25) is 20.2 Å². The van der Waals surface area contributed by atoms with Gasteiger partial charge in [0.25, 0.3) is 5.56 Å². The summed E-state index contributed by atoms with van der Waals surface area (Å²) in [5.41, 5.74) is 0.454. The summed E-state index contributed by atoms with van der Waals surface area (Å²) in [6.45, 7) is 21.4. The minimum Gasteiger partial charge on any atom is -0.545 e. The van der Waals surface area contributed by atoms with Gasteiger partial charge in [-0.3, -0.25) is 19.9 Å². The summed E-state index contributed by atoms with van der Waals surface area (Å²) in [5.74, 6) is 0.521. The smallest absolute Gasteiger partial charge is 0.258 e. The number of nitrogens with one attached hydrogen (secondary N) is 2. The van der Waals surface area contributed by atoms with Gasteiger partial charge in [0.1, 0.15) is 18.0 Å². The van der Waals surface area contributed by atoms with Crippen LogP contribution in [0.2, 0.25) is 36.8 Å². The van der Waals surface area contributed by atoms with Gasteiger partial charge in [-0.1, -0.05) is 34.6 Å². The summed E-state index contributed by atoms with van der Waals surface area (Å²) in [5, 5.41) is 2.50. The molecule has 0 bridgehead atoms. The van der Waals surface area contributed by atoms with E-state index in [9.17, 15) is 9.59 Å². The van der Waals surface area contributed by atoms with Gasteiger partial charge >= 0.3 is 0 Å². The molecule has 0 aliphatic carbocycles. The number of rotatable bonds is 8. The molecule has 0 radical (unpaired) electrons. The zero-order valence-corrected chi connectivity index (χ0v) is 23.1. The van der Waals surface area contributed by atoms with Crippen LogP contribution in [0.5, 0.6) is 0 Å². The number of nitrogens with zero attached hydrogens (tertiary/aromatic N) is 1. The van der Waals surface area contributed by atoms with Crippen LogP contribution in [0.3, 0.4) is 0 Å². The molecule has 8 nitrogen and oxygen atoms in total. The van der Waals surface area contributed by atoms with Gasteiger partial charge in [0.05, 0.1) is 12.2 Å². The molecule has 2 rings (SSSR count). The van der Waals surface area contributed by atoms with Crippen molar-refractivity contribution in [3.63, 3.8) is 0 Å². The zero-order valence-electron chi connectivity index (χ0n) is 21.1. The summed E-state index contributed by atoms with van der Waals surface area (Å²) in [4.78, 5) is 30.6. The van der Waals surface area contributed by atoms with Crippen molar-refractivity contribution in [1.82, 2.24) is 9.97 Å². The van der Waals surface area contributed by atoms with Crippen LogP contribution in [0.1, 0.15) is 53.2 Å². The lowest BCUT2D eigenvalue weighted by molar-refractivity contribution is -0.114. The third-order valence-electron chi connectivity index (χ3n) is 6.55. The highest BCUT2D eigenvalue weighted by atomic mass is 28.4. The van der Waals surface area contributed by atoms with Crippen LogP contribution < -0.4 is 10.9 Å². The zero-order chi connectivity index (χ0) is 24.5. The van der Waals surface area contributed by atoms with Crippen LogP contribution >= 0.6 is 0 Å².